The lowest BCUT2D eigenvalue weighted by Crippen LogP contribution is -2.13. The summed E-state index contributed by atoms with van der Waals surface area (Å²) in [6.07, 6.45) is 0.777. The third-order valence-electron chi connectivity index (χ3n) is 3.36. The zero-order chi connectivity index (χ0) is 18.4. The topological polar surface area (TPSA) is 96.3 Å². The third-order valence-corrected chi connectivity index (χ3v) is 4.74. The quantitative estimate of drug-likeness (QED) is 0.766. The lowest BCUT2D eigenvalue weighted by atomic mass is 10.1. The van der Waals surface area contributed by atoms with Gasteiger partial charge in [-0.25, -0.2) is 8.42 Å². The van der Waals surface area contributed by atoms with Gasteiger partial charge in [0.05, 0.1) is 17.1 Å². The van der Waals surface area contributed by atoms with Crippen LogP contribution in [0.2, 0.25) is 0 Å². The molecule has 0 aliphatic rings. The first-order valence-electron chi connectivity index (χ1n) is 7.68. The third kappa shape index (κ3) is 4.58. The van der Waals surface area contributed by atoms with Crippen molar-refractivity contribution >= 4 is 21.5 Å². The molecule has 0 atom stereocenters. The number of hydrogen-bond donors (Lipinski definition) is 1. The Kier molecular flexibility index (Phi) is 5.78. The van der Waals surface area contributed by atoms with Crippen molar-refractivity contribution in [2.75, 3.05) is 11.3 Å². The molecule has 2 aromatic rings. The number of nitrogens with one attached hydrogen (secondary N) is 1. The molecule has 0 heterocycles. The molecule has 0 fully saturated rings. The maximum absolute atomic E-state index is 12.5. The van der Waals surface area contributed by atoms with E-state index in [2.05, 4.69) is 4.72 Å². The van der Waals surface area contributed by atoms with Crippen LogP contribution in [0.15, 0.2) is 47.4 Å². The highest BCUT2D eigenvalue weighted by molar-refractivity contribution is 7.92. The number of sulfonamides is 1. The SMILES string of the molecule is CCCOc1ccc(S(=O)(=O)Nc2cccc(C(C)=O)c2)cc1C#N. The Morgan fingerprint density at radius 3 is 2.64 bits per heavy atom. The van der Waals surface area contributed by atoms with Crippen LogP contribution in [0.3, 0.4) is 0 Å². The lowest BCUT2D eigenvalue weighted by Gasteiger charge is -2.11. The minimum Gasteiger partial charge on any atom is -0.492 e. The van der Waals surface area contributed by atoms with Crippen LogP contribution in [0.5, 0.6) is 5.75 Å². The molecule has 0 unspecified atom stereocenters. The van der Waals surface area contributed by atoms with Gasteiger partial charge in [-0.2, -0.15) is 5.26 Å². The van der Waals surface area contributed by atoms with Crippen molar-refractivity contribution in [2.24, 2.45) is 0 Å². The maximum Gasteiger partial charge on any atom is 0.261 e. The highest BCUT2D eigenvalue weighted by atomic mass is 32.2. The summed E-state index contributed by atoms with van der Waals surface area (Å²) in [6, 6.07) is 12.3. The Labute approximate surface area is 147 Å². The number of carbonyl (C=O) groups is 1. The summed E-state index contributed by atoms with van der Waals surface area (Å²) >= 11 is 0. The van der Waals surface area contributed by atoms with Crippen LogP contribution in [0.1, 0.15) is 36.2 Å². The van der Waals surface area contributed by atoms with Crippen molar-refractivity contribution in [3.63, 3.8) is 0 Å². The molecule has 6 nitrogen and oxygen atoms in total. The van der Waals surface area contributed by atoms with Gasteiger partial charge < -0.3 is 4.74 Å². The number of rotatable bonds is 7. The number of anilines is 1. The van der Waals surface area contributed by atoms with Gasteiger partial charge in [0.1, 0.15) is 11.8 Å². The number of ketones is 1. The van der Waals surface area contributed by atoms with Crippen molar-refractivity contribution < 1.29 is 17.9 Å². The van der Waals surface area contributed by atoms with E-state index in [1.807, 2.05) is 13.0 Å². The van der Waals surface area contributed by atoms with Crippen LogP contribution >= 0.6 is 0 Å². The van der Waals surface area contributed by atoms with Gasteiger partial charge in [0.2, 0.25) is 0 Å². The summed E-state index contributed by atoms with van der Waals surface area (Å²) in [4.78, 5) is 11.4. The van der Waals surface area contributed by atoms with Crippen molar-refractivity contribution in [2.45, 2.75) is 25.2 Å². The highest BCUT2D eigenvalue weighted by Crippen LogP contribution is 2.24. The molecule has 0 aliphatic heterocycles. The number of hydrogen-bond acceptors (Lipinski definition) is 5. The van der Waals surface area contributed by atoms with Crippen LogP contribution in [-0.2, 0) is 10.0 Å². The summed E-state index contributed by atoms with van der Waals surface area (Å²) < 4.78 is 32.9. The minimum atomic E-state index is -3.89. The van der Waals surface area contributed by atoms with Crippen molar-refractivity contribution in [3.8, 4) is 11.8 Å². The second-order valence-corrected chi connectivity index (χ2v) is 7.04. The van der Waals surface area contributed by atoms with E-state index in [1.54, 1.807) is 18.2 Å². The zero-order valence-electron chi connectivity index (χ0n) is 13.9. The molecule has 1 N–H and O–H groups in total. The van der Waals surface area contributed by atoms with Gasteiger partial charge in [0.15, 0.2) is 5.78 Å². The molecule has 0 amide bonds. The fraction of sp³-hybridized carbons (Fsp3) is 0.222. The van der Waals surface area contributed by atoms with E-state index >= 15 is 0 Å². The van der Waals surface area contributed by atoms with Crippen LogP contribution in [0.25, 0.3) is 0 Å². The first-order valence-corrected chi connectivity index (χ1v) is 9.16. The van der Waals surface area contributed by atoms with Crippen molar-refractivity contribution in [1.29, 1.82) is 5.26 Å². The van der Waals surface area contributed by atoms with Gasteiger partial charge in [0.25, 0.3) is 10.0 Å². The molecule has 25 heavy (non-hydrogen) atoms. The van der Waals surface area contributed by atoms with E-state index in [0.717, 1.165) is 6.42 Å². The summed E-state index contributed by atoms with van der Waals surface area (Å²) in [5.74, 6) is 0.187. The minimum absolute atomic E-state index is 0.0545. The average molecular weight is 358 g/mol. The molecule has 0 spiro atoms. The largest absolute Gasteiger partial charge is 0.492 e. The predicted octanol–water partition coefficient (Wildman–Crippen LogP) is 3.35. The van der Waals surface area contributed by atoms with Gasteiger partial charge in [-0.1, -0.05) is 19.1 Å². The fourth-order valence-corrected chi connectivity index (χ4v) is 3.19. The van der Waals surface area contributed by atoms with Gasteiger partial charge >= 0.3 is 0 Å². The van der Waals surface area contributed by atoms with Gasteiger partial charge in [-0.05, 0) is 43.7 Å². The number of Topliss-reactive ketones (excluding diaryl/α,β-unsaturated/α-hetero) is 1. The second kappa shape index (κ2) is 7.81. The summed E-state index contributed by atoms with van der Waals surface area (Å²) in [5, 5.41) is 9.21. The first-order chi connectivity index (χ1) is 11.9. The Balaban J connectivity index is 2.32. The summed E-state index contributed by atoms with van der Waals surface area (Å²) in [5.41, 5.74) is 0.826. The van der Waals surface area contributed by atoms with E-state index in [4.69, 9.17) is 4.74 Å². The molecule has 130 valence electrons. The summed E-state index contributed by atoms with van der Waals surface area (Å²) in [6.45, 7) is 3.78. The van der Waals surface area contributed by atoms with Crippen LogP contribution < -0.4 is 9.46 Å². The van der Waals surface area contributed by atoms with Gasteiger partial charge in [-0.3, -0.25) is 9.52 Å². The highest BCUT2D eigenvalue weighted by Gasteiger charge is 2.17. The molecule has 7 heteroatoms. The number of benzene rings is 2. The van der Waals surface area contributed by atoms with E-state index < -0.39 is 10.0 Å². The van der Waals surface area contributed by atoms with E-state index in [-0.39, 0.29) is 21.9 Å². The van der Waals surface area contributed by atoms with Gasteiger partial charge in [0, 0.05) is 11.3 Å². The average Bonchev–Trinajstić information content (AvgIpc) is 2.59. The molecule has 0 aromatic heterocycles. The number of nitrogens with zero attached hydrogens (tertiary/aromatic N) is 1. The maximum atomic E-state index is 12.5. The van der Waals surface area contributed by atoms with Crippen molar-refractivity contribution in [3.05, 3.63) is 53.6 Å². The second-order valence-electron chi connectivity index (χ2n) is 5.36. The Hall–Kier alpha value is -2.85. The molecule has 0 bridgehead atoms. The van der Waals surface area contributed by atoms with E-state index in [0.29, 0.717) is 17.9 Å². The monoisotopic (exact) mass is 358 g/mol. The normalized spacial score (nSPS) is 10.8. The summed E-state index contributed by atoms with van der Waals surface area (Å²) in [7, 11) is -3.89. The van der Waals surface area contributed by atoms with E-state index in [1.165, 1.54) is 31.2 Å². The fourth-order valence-electron chi connectivity index (χ4n) is 2.12. The smallest absolute Gasteiger partial charge is 0.261 e. The molecule has 0 saturated heterocycles. The number of ether oxygens (including phenoxy) is 1. The molecule has 2 aromatic carbocycles. The molecular formula is C18H18N2O4S. The molecule has 2 rings (SSSR count). The number of nitriles is 1. The number of carbonyl (C=O) groups excluding carboxylic acids is 1. The Morgan fingerprint density at radius 2 is 2.00 bits per heavy atom. The Morgan fingerprint density at radius 1 is 1.24 bits per heavy atom. The van der Waals surface area contributed by atoms with E-state index in [9.17, 15) is 18.5 Å². The standard InChI is InChI=1S/C18H18N2O4S/c1-3-9-24-18-8-7-17(11-15(18)12-19)25(22,23)20-16-6-4-5-14(10-16)13(2)21/h4-8,10-11,20H,3,9H2,1-2H3. The van der Waals surface area contributed by atoms with Gasteiger partial charge in [-0.15, -0.1) is 0 Å². The van der Waals surface area contributed by atoms with Crippen molar-refractivity contribution in [1.82, 2.24) is 0 Å². The molecule has 0 saturated carbocycles. The molecular weight excluding hydrogens is 340 g/mol. The Bertz CT molecular complexity index is 930. The van der Waals surface area contributed by atoms with Crippen LogP contribution in [-0.4, -0.2) is 20.8 Å². The van der Waals surface area contributed by atoms with Crippen LogP contribution in [0, 0.1) is 11.3 Å². The predicted molar refractivity (Wildman–Crippen MR) is 94.2 cm³/mol. The lowest BCUT2D eigenvalue weighted by molar-refractivity contribution is 0.101. The molecule has 0 radical (unpaired) electrons. The first kappa shape index (κ1) is 18.5. The molecule has 0 aliphatic carbocycles. The van der Waals surface area contributed by atoms with Crippen LogP contribution in [0.4, 0.5) is 5.69 Å². The zero-order valence-corrected chi connectivity index (χ0v) is 14.8.